The number of halogens is 4. The van der Waals surface area contributed by atoms with Crippen molar-refractivity contribution in [1.82, 2.24) is 5.32 Å². The molecule has 0 aromatic heterocycles. The maximum absolute atomic E-state index is 12.5. The summed E-state index contributed by atoms with van der Waals surface area (Å²) >= 11 is 5.85. The van der Waals surface area contributed by atoms with E-state index in [9.17, 15) is 23.1 Å². The zero-order valence-corrected chi connectivity index (χ0v) is 12.0. The molecule has 4 nitrogen and oxygen atoms in total. The van der Waals surface area contributed by atoms with Crippen molar-refractivity contribution < 1.29 is 27.8 Å². The fraction of sp³-hybridized carbons (Fsp3) is 0.500. The number of alkyl halides is 3. The van der Waals surface area contributed by atoms with Crippen molar-refractivity contribution in [2.45, 2.75) is 43.2 Å². The van der Waals surface area contributed by atoms with Crippen molar-refractivity contribution in [1.29, 1.82) is 0 Å². The molecule has 8 heteroatoms. The Kier molecular flexibility index (Phi) is 3.52. The van der Waals surface area contributed by atoms with Crippen molar-refractivity contribution in [2.75, 3.05) is 0 Å². The van der Waals surface area contributed by atoms with E-state index in [1.54, 1.807) is 18.2 Å². The highest BCUT2D eigenvalue weighted by molar-refractivity contribution is 6.30. The van der Waals surface area contributed by atoms with Gasteiger partial charge in [0.05, 0.1) is 0 Å². The molecule has 2 N–H and O–H groups in total. The molecule has 0 spiro atoms. The van der Waals surface area contributed by atoms with E-state index < -0.39 is 42.7 Å². The molecule has 22 heavy (non-hydrogen) atoms. The molecular formula is C14H13ClF3NO3. The van der Waals surface area contributed by atoms with Gasteiger partial charge in [-0.1, -0.05) is 11.6 Å². The summed E-state index contributed by atoms with van der Waals surface area (Å²) in [4.78, 5) is 12.0. The fourth-order valence-corrected chi connectivity index (χ4v) is 2.94. The largest absolute Gasteiger partial charge is 0.480 e. The molecule has 2 aliphatic rings. The zero-order valence-electron chi connectivity index (χ0n) is 11.3. The van der Waals surface area contributed by atoms with Gasteiger partial charge in [-0.25, -0.2) is 0 Å². The topological polar surface area (TPSA) is 58.6 Å². The summed E-state index contributed by atoms with van der Waals surface area (Å²) in [6.45, 7) is 0. The first-order chi connectivity index (χ1) is 10.2. The molecule has 1 unspecified atom stereocenters. The van der Waals surface area contributed by atoms with Crippen LogP contribution in [0.3, 0.4) is 0 Å². The Morgan fingerprint density at radius 1 is 1.41 bits per heavy atom. The zero-order chi connectivity index (χ0) is 16.1. The average Bonchev–Trinajstić information content (AvgIpc) is 2.78. The molecule has 3 rings (SSSR count). The first kappa shape index (κ1) is 15.4. The van der Waals surface area contributed by atoms with Crippen molar-refractivity contribution >= 4 is 17.5 Å². The van der Waals surface area contributed by atoms with Crippen molar-refractivity contribution in [3.8, 4) is 5.75 Å². The number of aliphatic hydroxyl groups is 1. The van der Waals surface area contributed by atoms with Crippen LogP contribution in [0.1, 0.15) is 18.4 Å². The number of benzene rings is 1. The quantitative estimate of drug-likeness (QED) is 0.871. The van der Waals surface area contributed by atoms with E-state index in [2.05, 4.69) is 5.32 Å². The second kappa shape index (κ2) is 5.03. The van der Waals surface area contributed by atoms with Gasteiger partial charge in [-0.2, -0.15) is 13.2 Å². The first-order valence-electron chi connectivity index (χ1n) is 6.72. The molecule has 1 aliphatic heterocycles. The van der Waals surface area contributed by atoms with E-state index in [-0.39, 0.29) is 0 Å². The van der Waals surface area contributed by atoms with Gasteiger partial charge in [-0.05, 0) is 23.8 Å². The third-order valence-electron chi connectivity index (χ3n) is 4.03. The average molecular weight is 336 g/mol. The van der Waals surface area contributed by atoms with Crippen LogP contribution in [0.15, 0.2) is 18.2 Å². The number of ether oxygens (including phenoxy) is 1. The predicted octanol–water partition coefficient (Wildman–Crippen LogP) is 2.22. The molecule has 0 bridgehead atoms. The summed E-state index contributed by atoms with van der Waals surface area (Å²) in [5.74, 6) is 0.0616. The highest BCUT2D eigenvalue weighted by atomic mass is 35.5. The minimum atomic E-state index is -4.68. The molecular weight excluding hydrogens is 323 g/mol. The number of fused-ring (bicyclic) bond motifs is 1. The number of hydrogen-bond donors (Lipinski definition) is 2. The van der Waals surface area contributed by atoms with Crippen LogP contribution in [0.5, 0.6) is 5.75 Å². The number of carbonyl (C=O) groups is 1. The van der Waals surface area contributed by atoms with Crippen LogP contribution in [0.2, 0.25) is 5.02 Å². The number of carbonyl (C=O) groups excluding carboxylic acids is 1. The van der Waals surface area contributed by atoms with E-state index in [0.717, 1.165) is 5.56 Å². The standard InChI is InChI=1S/C14H13ClF3NO3/c15-8-1-2-10-7(3-8)4-11(22-10)12(20)19-9-5-13(21,6-9)14(16,17)18/h1-3,9,11,21H,4-6H2,(H,19,20). The number of amides is 1. The Labute approximate surface area is 129 Å². The van der Waals surface area contributed by atoms with Gasteiger partial charge in [0.15, 0.2) is 11.7 Å². The van der Waals surface area contributed by atoms with Crippen molar-refractivity contribution in [3.63, 3.8) is 0 Å². The minimum absolute atomic E-state index is 0.317. The Morgan fingerprint density at radius 3 is 2.73 bits per heavy atom. The van der Waals surface area contributed by atoms with Gasteiger partial charge in [0.2, 0.25) is 0 Å². The van der Waals surface area contributed by atoms with Crippen LogP contribution >= 0.6 is 11.6 Å². The van der Waals surface area contributed by atoms with Gasteiger partial charge in [0.1, 0.15) is 5.75 Å². The highest BCUT2D eigenvalue weighted by Gasteiger charge is 2.61. The summed E-state index contributed by atoms with van der Waals surface area (Å²) in [5, 5.41) is 12.3. The molecule has 120 valence electrons. The lowest BCUT2D eigenvalue weighted by atomic mass is 9.75. The molecule has 1 aromatic carbocycles. The van der Waals surface area contributed by atoms with Gasteiger partial charge >= 0.3 is 6.18 Å². The lowest BCUT2D eigenvalue weighted by Crippen LogP contribution is -2.63. The molecule has 1 amide bonds. The van der Waals surface area contributed by atoms with Crippen LogP contribution in [0, 0.1) is 0 Å². The van der Waals surface area contributed by atoms with Gasteiger partial charge in [-0.3, -0.25) is 4.79 Å². The van der Waals surface area contributed by atoms with Gasteiger partial charge < -0.3 is 15.2 Å². The van der Waals surface area contributed by atoms with Crippen LogP contribution in [-0.4, -0.2) is 34.9 Å². The van der Waals surface area contributed by atoms with E-state index in [1.165, 1.54) is 0 Å². The minimum Gasteiger partial charge on any atom is -0.480 e. The Bertz CT molecular complexity index is 614. The SMILES string of the molecule is O=C(NC1CC(O)(C(F)(F)F)C1)C1Cc2cc(Cl)ccc2O1. The molecule has 1 saturated carbocycles. The second-order valence-corrected chi connectivity index (χ2v) is 6.14. The molecule has 1 atom stereocenters. The molecule has 0 radical (unpaired) electrons. The third-order valence-corrected chi connectivity index (χ3v) is 4.27. The maximum Gasteiger partial charge on any atom is 0.417 e. The maximum atomic E-state index is 12.5. The molecule has 1 aliphatic carbocycles. The fourth-order valence-electron chi connectivity index (χ4n) is 2.75. The summed E-state index contributed by atoms with van der Waals surface area (Å²) in [6, 6.07) is 4.28. The predicted molar refractivity (Wildman–Crippen MR) is 71.7 cm³/mol. The van der Waals surface area contributed by atoms with Crippen LogP contribution in [0.25, 0.3) is 0 Å². The van der Waals surface area contributed by atoms with Crippen LogP contribution < -0.4 is 10.1 Å². The molecule has 1 heterocycles. The molecule has 0 saturated heterocycles. The number of hydrogen-bond acceptors (Lipinski definition) is 3. The normalized spacial score (nSPS) is 30.2. The number of rotatable bonds is 2. The lowest BCUT2D eigenvalue weighted by Gasteiger charge is -2.44. The van der Waals surface area contributed by atoms with Crippen LogP contribution in [0.4, 0.5) is 13.2 Å². The monoisotopic (exact) mass is 335 g/mol. The van der Waals surface area contributed by atoms with E-state index in [0.29, 0.717) is 17.2 Å². The van der Waals surface area contributed by atoms with Gasteiger partial charge in [0, 0.05) is 30.3 Å². The van der Waals surface area contributed by atoms with E-state index in [1.807, 2.05) is 0 Å². The summed E-state index contributed by atoms with van der Waals surface area (Å²) in [7, 11) is 0. The van der Waals surface area contributed by atoms with Crippen LogP contribution in [-0.2, 0) is 11.2 Å². The molecule has 1 fully saturated rings. The van der Waals surface area contributed by atoms with E-state index >= 15 is 0 Å². The van der Waals surface area contributed by atoms with E-state index in [4.69, 9.17) is 16.3 Å². The summed E-state index contributed by atoms with van der Waals surface area (Å²) in [5.41, 5.74) is -1.91. The van der Waals surface area contributed by atoms with Gasteiger partial charge in [-0.15, -0.1) is 0 Å². The lowest BCUT2D eigenvalue weighted by molar-refractivity contribution is -0.291. The van der Waals surface area contributed by atoms with Crippen molar-refractivity contribution in [2.24, 2.45) is 0 Å². The summed E-state index contributed by atoms with van der Waals surface area (Å²) in [6.07, 6.45) is -6.21. The van der Waals surface area contributed by atoms with Gasteiger partial charge in [0.25, 0.3) is 5.91 Å². The third kappa shape index (κ3) is 2.63. The Balaban J connectivity index is 1.55. The van der Waals surface area contributed by atoms with Crippen molar-refractivity contribution in [3.05, 3.63) is 28.8 Å². The highest BCUT2D eigenvalue weighted by Crippen LogP contribution is 2.45. The smallest absolute Gasteiger partial charge is 0.417 e. The first-order valence-corrected chi connectivity index (χ1v) is 7.10. The number of nitrogens with one attached hydrogen (secondary N) is 1. The second-order valence-electron chi connectivity index (χ2n) is 5.71. The Morgan fingerprint density at radius 2 is 2.09 bits per heavy atom. The Hall–Kier alpha value is -1.47. The summed E-state index contributed by atoms with van der Waals surface area (Å²) < 4.78 is 43.0. The molecule has 1 aromatic rings.